The van der Waals surface area contributed by atoms with E-state index in [1.807, 2.05) is 26.2 Å². The summed E-state index contributed by atoms with van der Waals surface area (Å²) in [5, 5.41) is 0. The van der Waals surface area contributed by atoms with Gasteiger partial charge >= 0.3 is 0 Å². The third kappa shape index (κ3) is 4.60. The quantitative estimate of drug-likeness (QED) is 0.487. The van der Waals surface area contributed by atoms with Crippen LogP contribution in [0.15, 0.2) is 48.5 Å². The summed E-state index contributed by atoms with van der Waals surface area (Å²) < 4.78 is 0. The number of nitrogens with one attached hydrogen (secondary N) is 1. The van der Waals surface area contributed by atoms with Gasteiger partial charge in [0.25, 0.3) is 0 Å². The van der Waals surface area contributed by atoms with Gasteiger partial charge in [0, 0.05) is 19.8 Å². The molecule has 0 aliphatic rings. The number of nitrogens with two attached hydrogens (primary N) is 1. The van der Waals surface area contributed by atoms with Crippen LogP contribution in [-0.2, 0) is 24.1 Å². The Labute approximate surface area is 131 Å². The van der Waals surface area contributed by atoms with Crippen LogP contribution in [-0.4, -0.2) is 20.0 Å². The van der Waals surface area contributed by atoms with Crippen molar-refractivity contribution in [3.63, 3.8) is 0 Å². The second kappa shape index (κ2) is 7.61. The SMILES string of the molecule is CN(C)c1ccc(CCc2ccc(CC(=O)NN)cc2)cc1. The van der Waals surface area contributed by atoms with E-state index >= 15 is 0 Å². The summed E-state index contributed by atoms with van der Waals surface area (Å²) in [5.74, 6) is 4.92. The summed E-state index contributed by atoms with van der Waals surface area (Å²) in [6.07, 6.45) is 2.32. The average molecular weight is 297 g/mol. The monoisotopic (exact) mass is 297 g/mol. The summed E-state index contributed by atoms with van der Waals surface area (Å²) in [6.45, 7) is 0. The maximum Gasteiger partial charge on any atom is 0.238 e. The largest absolute Gasteiger partial charge is 0.378 e. The molecule has 0 atom stereocenters. The fraction of sp³-hybridized carbons (Fsp3) is 0.278. The first-order chi connectivity index (χ1) is 10.6. The van der Waals surface area contributed by atoms with Crippen molar-refractivity contribution in [3.05, 3.63) is 65.2 Å². The molecule has 22 heavy (non-hydrogen) atoms. The topological polar surface area (TPSA) is 58.4 Å². The van der Waals surface area contributed by atoms with Crippen molar-refractivity contribution >= 4 is 11.6 Å². The van der Waals surface area contributed by atoms with Gasteiger partial charge in [-0.3, -0.25) is 10.2 Å². The van der Waals surface area contributed by atoms with Crippen molar-refractivity contribution < 1.29 is 4.79 Å². The van der Waals surface area contributed by atoms with E-state index in [1.54, 1.807) is 0 Å². The maximum atomic E-state index is 11.2. The maximum absolute atomic E-state index is 11.2. The lowest BCUT2D eigenvalue weighted by atomic mass is 10.0. The van der Waals surface area contributed by atoms with E-state index in [-0.39, 0.29) is 5.91 Å². The predicted octanol–water partition coefficient (Wildman–Crippen LogP) is 2.07. The van der Waals surface area contributed by atoms with Gasteiger partial charge in [-0.2, -0.15) is 0 Å². The fourth-order valence-electron chi connectivity index (χ4n) is 2.31. The van der Waals surface area contributed by atoms with Crippen molar-refractivity contribution in [3.8, 4) is 0 Å². The molecule has 0 radical (unpaired) electrons. The van der Waals surface area contributed by atoms with Crippen molar-refractivity contribution in [1.82, 2.24) is 5.43 Å². The number of nitrogens with zero attached hydrogens (tertiary/aromatic N) is 1. The molecule has 3 N–H and O–H groups in total. The van der Waals surface area contributed by atoms with Gasteiger partial charge in [0.2, 0.25) is 5.91 Å². The lowest BCUT2D eigenvalue weighted by Gasteiger charge is -2.12. The number of amides is 1. The smallest absolute Gasteiger partial charge is 0.238 e. The summed E-state index contributed by atoms with van der Waals surface area (Å²) in [4.78, 5) is 13.3. The highest BCUT2D eigenvalue weighted by atomic mass is 16.2. The second-order valence-electron chi connectivity index (χ2n) is 5.62. The first-order valence-corrected chi connectivity index (χ1v) is 7.42. The Morgan fingerprint density at radius 2 is 1.36 bits per heavy atom. The third-order valence-electron chi connectivity index (χ3n) is 3.70. The van der Waals surface area contributed by atoms with Gasteiger partial charge in [0.1, 0.15) is 0 Å². The molecule has 0 fully saturated rings. The van der Waals surface area contributed by atoms with Gasteiger partial charge in [-0.1, -0.05) is 36.4 Å². The number of rotatable bonds is 6. The fourth-order valence-corrected chi connectivity index (χ4v) is 2.31. The number of hydrazine groups is 1. The van der Waals surface area contributed by atoms with Crippen LogP contribution in [0.25, 0.3) is 0 Å². The molecule has 2 aromatic carbocycles. The molecule has 0 spiro atoms. The van der Waals surface area contributed by atoms with Gasteiger partial charge in [-0.25, -0.2) is 5.84 Å². The molecule has 0 unspecified atom stereocenters. The van der Waals surface area contributed by atoms with Gasteiger partial charge in [-0.05, 0) is 41.7 Å². The Morgan fingerprint density at radius 3 is 1.82 bits per heavy atom. The molecule has 0 aliphatic heterocycles. The van der Waals surface area contributed by atoms with Crippen molar-refractivity contribution in [2.45, 2.75) is 19.3 Å². The summed E-state index contributed by atoms with van der Waals surface area (Å²) >= 11 is 0. The zero-order valence-electron chi connectivity index (χ0n) is 13.2. The molecule has 1 amide bonds. The second-order valence-corrected chi connectivity index (χ2v) is 5.62. The molecule has 2 rings (SSSR count). The first-order valence-electron chi connectivity index (χ1n) is 7.42. The Bertz CT molecular complexity index is 603. The molecule has 0 aliphatic carbocycles. The number of hydrogen-bond donors (Lipinski definition) is 2. The van der Waals surface area contributed by atoms with E-state index in [4.69, 9.17) is 5.84 Å². The van der Waals surface area contributed by atoms with Crippen LogP contribution in [0.3, 0.4) is 0 Å². The zero-order valence-corrected chi connectivity index (χ0v) is 13.2. The number of benzene rings is 2. The highest BCUT2D eigenvalue weighted by Gasteiger charge is 2.02. The van der Waals surface area contributed by atoms with Gasteiger partial charge in [0.05, 0.1) is 6.42 Å². The lowest BCUT2D eigenvalue weighted by Crippen LogP contribution is -2.31. The highest BCUT2D eigenvalue weighted by Crippen LogP contribution is 2.14. The first kappa shape index (κ1) is 16.0. The number of aryl methyl sites for hydroxylation is 2. The molecule has 0 aromatic heterocycles. The van der Waals surface area contributed by atoms with Crippen LogP contribution in [0, 0.1) is 0 Å². The standard InChI is InChI=1S/C18H23N3O/c1-21(2)17-11-9-15(10-12-17)4-3-14-5-7-16(8-6-14)13-18(22)20-19/h5-12H,3-4,13,19H2,1-2H3,(H,20,22). The molecule has 4 nitrogen and oxygen atoms in total. The van der Waals surface area contributed by atoms with Crippen molar-refractivity contribution in [1.29, 1.82) is 0 Å². The molecular formula is C18H23N3O. The Kier molecular flexibility index (Phi) is 5.55. The minimum atomic E-state index is -0.172. The Morgan fingerprint density at radius 1 is 0.909 bits per heavy atom. The molecule has 0 heterocycles. The normalized spacial score (nSPS) is 10.3. The van der Waals surface area contributed by atoms with E-state index in [0.717, 1.165) is 18.4 Å². The number of carbonyl (C=O) groups excluding carboxylic acids is 1. The van der Waals surface area contributed by atoms with E-state index in [1.165, 1.54) is 16.8 Å². The van der Waals surface area contributed by atoms with Gasteiger partial charge < -0.3 is 4.90 Å². The molecule has 2 aromatic rings. The van der Waals surface area contributed by atoms with Crippen LogP contribution in [0.4, 0.5) is 5.69 Å². The zero-order chi connectivity index (χ0) is 15.9. The van der Waals surface area contributed by atoms with E-state index in [9.17, 15) is 4.79 Å². The number of hydrogen-bond acceptors (Lipinski definition) is 3. The van der Waals surface area contributed by atoms with Crippen molar-refractivity contribution in [2.24, 2.45) is 5.84 Å². The van der Waals surface area contributed by atoms with Crippen molar-refractivity contribution in [2.75, 3.05) is 19.0 Å². The van der Waals surface area contributed by atoms with Crippen LogP contribution in [0.1, 0.15) is 16.7 Å². The summed E-state index contributed by atoms with van der Waals surface area (Å²) in [6, 6.07) is 16.8. The van der Waals surface area contributed by atoms with Gasteiger partial charge in [-0.15, -0.1) is 0 Å². The summed E-state index contributed by atoms with van der Waals surface area (Å²) in [7, 11) is 4.09. The molecule has 116 valence electrons. The summed E-state index contributed by atoms with van der Waals surface area (Å²) in [5.41, 5.74) is 6.94. The molecule has 0 bridgehead atoms. The lowest BCUT2D eigenvalue weighted by molar-refractivity contribution is -0.120. The van der Waals surface area contributed by atoms with Crippen LogP contribution >= 0.6 is 0 Å². The average Bonchev–Trinajstić information content (AvgIpc) is 2.54. The predicted molar refractivity (Wildman–Crippen MR) is 90.7 cm³/mol. The number of carbonyl (C=O) groups is 1. The van der Waals surface area contributed by atoms with Crippen LogP contribution in [0.5, 0.6) is 0 Å². The highest BCUT2D eigenvalue weighted by molar-refractivity contribution is 5.77. The van der Waals surface area contributed by atoms with Gasteiger partial charge in [0.15, 0.2) is 0 Å². The third-order valence-corrected chi connectivity index (χ3v) is 3.70. The molecular weight excluding hydrogens is 274 g/mol. The van der Waals surface area contributed by atoms with E-state index in [0.29, 0.717) is 6.42 Å². The molecule has 4 heteroatoms. The van der Waals surface area contributed by atoms with Crippen LogP contribution < -0.4 is 16.2 Å². The van der Waals surface area contributed by atoms with E-state index in [2.05, 4.69) is 46.7 Å². The minimum absolute atomic E-state index is 0.172. The Balaban J connectivity index is 1.90. The number of anilines is 1. The Hall–Kier alpha value is -2.33. The molecule has 0 saturated carbocycles. The molecule has 0 saturated heterocycles. The minimum Gasteiger partial charge on any atom is -0.378 e. The van der Waals surface area contributed by atoms with E-state index < -0.39 is 0 Å². The van der Waals surface area contributed by atoms with Crippen LogP contribution in [0.2, 0.25) is 0 Å².